The smallest absolute Gasteiger partial charge is 0.324 e. The summed E-state index contributed by atoms with van der Waals surface area (Å²) in [6.07, 6.45) is 1.56. The number of carbonyl (C=O) groups is 2. The first kappa shape index (κ1) is 30.6. The Bertz CT molecular complexity index is 1980. The highest BCUT2D eigenvalue weighted by Crippen LogP contribution is 2.31. The Labute approximate surface area is 247 Å². The van der Waals surface area contributed by atoms with Gasteiger partial charge in [-0.25, -0.2) is 8.42 Å². The maximum absolute atomic E-state index is 13.9. The number of nitrogen functional groups attached to an aromatic ring is 1. The molecule has 0 aliphatic carbocycles. The largest absolute Gasteiger partial charge is 0.480 e. The number of nitrogens with two attached hydrogens (primary N) is 1. The average molecular weight is 600 g/mol. The Morgan fingerprint density at radius 1 is 0.977 bits per heavy atom. The Morgan fingerprint density at radius 2 is 1.67 bits per heavy atom. The van der Waals surface area contributed by atoms with E-state index in [0.29, 0.717) is 27.3 Å². The van der Waals surface area contributed by atoms with Gasteiger partial charge < -0.3 is 21.6 Å². The Kier molecular flexibility index (Phi) is 8.74. The van der Waals surface area contributed by atoms with Gasteiger partial charge in [0.2, 0.25) is 0 Å². The van der Waals surface area contributed by atoms with Crippen LogP contribution in [0.4, 0.5) is 5.69 Å². The highest BCUT2D eigenvalue weighted by Gasteiger charge is 2.29. The molecule has 1 aromatic heterocycles. The molecule has 0 radical (unpaired) electrons. The van der Waals surface area contributed by atoms with E-state index in [2.05, 4.69) is 10.3 Å². The van der Waals surface area contributed by atoms with Gasteiger partial charge in [0.15, 0.2) is 0 Å². The molecule has 0 aliphatic heterocycles. The summed E-state index contributed by atoms with van der Waals surface area (Å²) in [5.74, 6) is -1.71. The molecule has 12 heteroatoms. The number of aryl methyl sites for hydroxylation is 1. The van der Waals surface area contributed by atoms with Crippen LogP contribution in [0.15, 0.2) is 96.0 Å². The number of benzene rings is 4. The van der Waals surface area contributed by atoms with Crippen LogP contribution >= 0.6 is 0 Å². The molecular formula is C31H29N5O6S. The number of carboxylic acid groups (broad SMARTS) is 1. The molecule has 5 aromatic rings. The molecule has 0 aliphatic rings. The van der Waals surface area contributed by atoms with Gasteiger partial charge in [0, 0.05) is 29.3 Å². The summed E-state index contributed by atoms with van der Waals surface area (Å²) in [5.41, 5.74) is 8.52. The Morgan fingerprint density at radius 3 is 2.37 bits per heavy atom. The summed E-state index contributed by atoms with van der Waals surface area (Å²) in [6.45, 7) is 1.29. The highest BCUT2D eigenvalue weighted by molar-refractivity contribution is 7.93. The molecule has 11 nitrogen and oxygen atoms in total. The molecule has 0 saturated carbocycles. The zero-order chi connectivity index (χ0) is 30.0. The van der Waals surface area contributed by atoms with Crippen LogP contribution in [0.1, 0.15) is 27.0 Å². The van der Waals surface area contributed by atoms with Crippen LogP contribution in [0.3, 0.4) is 0 Å². The number of aliphatic carboxylic acids is 1. The Balaban J connectivity index is 0.00000423. The number of anilines is 1. The second kappa shape index (κ2) is 12.3. The molecule has 220 valence electrons. The number of rotatable bonds is 9. The summed E-state index contributed by atoms with van der Waals surface area (Å²) in [4.78, 5) is 29.1. The number of amides is 1. The predicted molar refractivity (Wildman–Crippen MR) is 165 cm³/mol. The molecule has 1 amide bonds. The fourth-order valence-corrected chi connectivity index (χ4v) is 6.29. The van der Waals surface area contributed by atoms with Crippen LogP contribution in [-0.4, -0.2) is 48.2 Å². The highest BCUT2D eigenvalue weighted by atomic mass is 32.2. The van der Waals surface area contributed by atoms with Gasteiger partial charge >= 0.3 is 5.97 Å². The molecule has 0 atom stereocenters. The van der Waals surface area contributed by atoms with Crippen LogP contribution in [0.5, 0.6) is 0 Å². The topological polar surface area (TPSA) is 198 Å². The number of aromatic nitrogens is 1. The number of amidine groups is 1. The summed E-state index contributed by atoms with van der Waals surface area (Å²) < 4.78 is 28.6. The maximum atomic E-state index is 13.9. The summed E-state index contributed by atoms with van der Waals surface area (Å²) in [7, 11) is -4.34. The summed E-state index contributed by atoms with van der Waals surface area (Å²) >= 11 is 0. The second-order valence-corrected chi connectivity index (χ2v) is 11.6. The zero-order valence-electron chi connectivity index (χ0n) is 23.0. The average Bonchev–Trinajstić information content (AvgIpc) is 2.97. The monoisotopic (exact) mass is 599 g/mol. The summed E-state index contributed by atoms with van der Waals surface area (Å²) in [5, 5.41) is 21.8. The zero-order valence-corrected chi connectivity index (χ0v) is 23.9. The van der Waals surface area contributed by atoms with Crippen LogP contribution in [0.2, 0.25) is 0 Å². The molecule has 7 N–H and O–H groups in total. The van der Waals surface area contributed by atoms with Crippen molar-refractivity contribution >= 4 is 55.1 Å². The van der Waals surface area contributed by atoms with Crippen molar-refractivity contribution in [3.63, 3.8) is 0 Å². The normalized spacial score (nSPS) is 11.1. The van der Waals surface area contributed by atoms with Crippen molar-refractivity contribution in [2.45, 2.75) is 18.4 Å². The molecule has 0 saturated heterocycles. The SMILES string of the molecule is Cc1cnc2c(S(=O)(=O)N(CC(=O)O)c3ccc4c(C(=O)NCc5ccc(C(=N)N)cc5)cccc4c3)cccc2c1.O. The molecule has 0 bridgehead atoms. The van der Waals surface area contributed by atoms with Crippen molar-refractivity contribution in [1.82, 2.24) is 10.3 Å². The van der Waals surface area contributed by atoms with E-state index < -0.39 is 22.5 Å². The van der Waals surface area contributed by atoms with E-state index in [1.165, 1.54) is 12.1 Å². The quantitative estimate of drug-likeness (QED) is 0.147. The van der Waals surface area contributed by atoms with Crippen LogP contribution in [-0.2, 0) is 21.4 Å². The molecule has 43 heavy (non-hydrogen) atoms. The predicted octanol–water partition coefficient (Wildman–Crippen LogP) is 3.37. The standard InChI is InChI=1S/C31H27N5O5S.H2O/c1-19-14-23-5-3-7-27(29(23)34-16-19)42(40,41)36(18-28(37)38)24-12-13-25-22(15-24)4-2-6-26(25)31(39)35-17-20-8-10-21(11-9-20)30(32)33;/h2-16H,17-18H2,1H3,(H3,32,33)(H,35,39)(H,37,38);1H2. The van der Waals surface area contributed by atoms with Gasteiger partial charge in [0.05, 0.1) is 11.2 Å². The number of hydrogen-bond donors (Lipinski definition) is 4. The van der Waals surface area contributed by atoms with Crippen molar-refractivity contribution in [2.75, 3.05) is 10.8 Å². The number of carbonyl (C=O) groups excluding carboxylic acids is 1. The van der Waals surface area contributed by atoms with E-state index in [4.69, 9.17) is 11.1 Å². The van der Waals surface area contributed by atoms with Gasteiger partial charge in [-0.15, -0.1) is 0 Å². The fraction of sp³-hybridized carbons (Fsp3) is 0.0968. The third-order valence-corrected chi connectivity index (χ3v) is 8.58. The van der Waals surface area contributed by atoms with E-state index in [-0.39, 0.29) is 39.9 Å². The molecular weight excluding hydrogens is 570 g/mol. The minimum absolute atomic E-state index is 0. The number of pyridine rings is 1. The van der Waals surface area contributed by atoms with Gasteiger partial charge in [-0.2, -0.15) is 0 Å². The van der Waals surface area contributed by atoms with Crippen molar-refractivity contribution in [3.8, 4) is 0 Å². The first-order valence-corrected chi connectivity index (χ1v) is 14.3. The molecule has 0 unspecified atom stereocenters. The maximum Gasteiger partial charge on any atom is 0.324 e. The van der Waals surface area contributed by atoms with E-state index in [1.807, 2.05) is 13.0 Å². The van der Waals surface area contributed by atoms with Crippen molar-refractivity contribution in [1.29, 1.82) is 5.41 Å². The fourth-order valence-electron chi connectivity index (χ4n) is 4.71. The first-order chi connectivity index (χ1) is 20.0. The van der Waals surface area contributed by atoms with Gasteiger partial charge in [-0.05, 0) is 59.2 Å². The van der Waals surface area contributed by atoms with Crippen LogP contribution in [0.25, 0.3) is 21.7 Å². The number of nitrogens with zero attached hydrogens (tertiary/aromatic N) is 2. The van der Waals surface area contributed by atoms with E-state index in [9.17, 15) is 23.1 Å². The number of nitrogens with one attached hydrogen (secondary N) is 2. The lowest BCUT2D eigenvalue weighted by molar-refractivity contribution is -0.135. The van der Waals surface area contributed by atoms with E-state index >= 15 is 0 Å². The van der Waals surface area contributed by atoms with Gasteiger partial charge in [0.25, 0.3) is 15.9 Å². The lowest BCUT2D eigenvalue weighted by Gasteiger charge is -2.24. The third kappa shape index (κ3) is 6.30. The number of sulfonamides is 1. The molecule has 0 fully saturated rings. The molecule has 4 aromatic carbocycles. The van der Waals surface area contributed by atoms with Gasteiger partial charge in [-0.3, -0.25) is 24.3 Å². The molecule has 0 spiro atoms. The lowest BCUT2D eigenvalue weighted by Crippen LogP contribution is -2.36. The van der Waals surface area contributed by atoms with Gasteiger partial charge in [-0.1, -0.05) is 54.6 Å². The Hall–Kier alpha value is -5.33. The van der Waals surface area contributed by atoms with Crippen LogP contribution < -0.4 is 15.4 Å². The number of carboxylic acids is 1. The van der Waals surface area contributed by atoms with Crippen molar-refractivity contribution in [2.24, 2.45) is 5.73 Å². The van der Waals surface area contributed by atoms with Crippen LogP contribution in [0, 0.1) is 12.3 Å². The number of para-hydroxylation sites is 1. The van der Waals surface area contributed by atoms with Crippen molar-refractivity contribution < 1.29 is 28.6 Å². The third-order valence-electron chi connectivity index (χ3n) is 6.77. The van der Waals surface area contributed by atoms with Gasteiger partial charge in [0.1, 0.15) is 17.3 Å². The summed E-state index contributed by atoms with van der Waals surface area (Å²) in [6, 6.07) is 23.2. The minimum atomic E-state index is -4.34. The van der Waals surface area contributed by atoms with E-state index in [0.717, 1.165) is 15.4 Å². The minimum Gasteiger partial charge on any atom is -0.480 e. The first-order valence-electron chi connectivity index (χ1n) is 12.9. The second-order valence-electron chi connectivity index (χ2n) is 9.75. The molecule has 1 heterocycles. The lowest BCUT2D eigenvalue weighted by atomic mass is 10.0. The number of hydrogen-bond acceptors (Lipinski definition) is 6. The van der Waals surface area contributed by atoms with Crippen molar-refractivity contribution in [3.05, 3.63) is 113 Å². The molecule has 5 rings (SSSR count). The number of fused-ring (bicyclic) bond motifs is 2. The van der Waals surface area contributed by atoms with E-state index in [1.54, 1.807) is 72.9 Å².